The highest BCUT2D eigenvalue weighted by molar-refractivity contribution is 6.31. The predicted octanol–water partition coefficient (Wildman–Crippen LogP) is 7.80. The quantitative estimate of drug-likeness (QED) is 0.287. The third-order valence-electron chi connectivity index (χ3n) is 7.89. The Morgan fingerprint density at radius 1 is 0.975 bits per heavy atom. The molecule has 3 aromatic rings. The number of Topliss-reactive ketones (excluding diaryl/α,β-unsaturated/α-hetero) is 1. The molecule has 40 heavy (non-hydrogen) atoms. The van der Waals surface area contributed by atoms with Crippen LogP contribution >= 0.6 is 34.8 Å². The van der Waals surface area contributed by atoms with Gasteiger partial charge >= 0.3 is 0 Å². The number of nitriles is 1. The third-order valence-corrected chi connectivity index (χ3v) is 8.61. The zero-order valence-electron chi connectivity index (χ0n) is 22.4. The lowest BCUT2D eigenvalue weighted by atomic mass is 9.63. The molecule has 3 aromatic carbocycles. The summed E-state index contributed by atoms with van der Waals surface area (Å²) in [6.45, 7) is 4.30. The van der Waals surface area contributed by atoms with Gasteiger partial charge in [0.25, 0.3) is 0 Å². The second kappa shape index (κ2) is 11.8. The van der Waals surface area contributed by atoms with Gasteiger partial charge in [-0.3, -0.25) is 10.1 Å². The van der Waals surface area contributed by atoms with Crippen LogP contribution in [0, 0.1) is 11.3 Å². The van der Waals surface area contributed by atoms with Crippen molar-refractivity contribution >= 4 is 40.6 Å². The number of carbonyl (C=O) groups excluding carboxylic acids is 1. The molecule has 0 amide bonds. The van der Waals surface area contributed by atoms with Crippen molar-refractivity contribution in [2.45, 2.75) is 68.4 Å². The fourth-order valence-corrected chi connectivity index (χ4v) is 6.69. The van der Waals surface area contributed by atoms with Crippen molar-refractivity contribution in [3.63, 3.8) is 0 Å². The molecule has 8 heteroatoms. The smallest absolute Gasteiger partial charge is 0.163 e. The Balaban J connectivity index is 1.56. The zero-order chi connectivity index (χ0) is 28.5. The Kier molecular flexibility index (Phi) is 8.59. The number of ketones is 1. The van der Waals surface area contributed by atoms with Crippen LogP contribution in [-0.2, 0) is 19.7 Å². The lowest BCUT2D eigenvalue weighted by Crippen LogP contribution is -2.37. The lowest BCUT2D eigenvalue weighted by molar-refractivity contribution is -0.139. The fourth-order valence-electron chi connectivity index (χ4n) is 6.16. The van der Waals surface area contributed by atoms with Crippen LogP contribution < -0.4 is 5.32 Å². The minimum Gasteiger partial charge on any atom is -0.348 e. The Morgan fingerprint density at radius 2 is 1.62 bits per heavy atom. The van der Waals surface area contributed by atoms with Gasteiger partial charge in [-0.25, -0.2) is 0 Å². The van der Waals surface area contributed by atoms with Crippen molar-refractivity contribution in [2.24, 2.45) is 0 Å². The van der Waals surface area contributed by atoms with Gasteiger partial charge in [0.05, 0.1) is 30.9 Å². The number of rotatable bonds is 8. The first kappa shape index (κ1) is 29.1. The molecule has 2 fully saturated rings. The summed E-state index contributed by atoms with van der Waals surface area (Å²) in [6.07, 6.45) is 1.64. The highest BCUT2D eigenvalue weighted by atomic mass is 35.5. The number of halogens is 3. The summed E-state index contributed by atoms with van der Waals surface area (Å²) in [6, 6.07) is 23.7. The normalized spacial score (nSPS) is 27.4. The van der Waals surface area contributed by atoms with Gasteiger partial charge in [0.2, 0.25) is 0 Å². The second-order valence-electron chi connectivity index (χ2n) is 11.0. The van der Waals surface area contributed by atoms with E-state index in [1.807, 2.05) is 62.4 Å². The first-order chi connectivity index (χ1) is 19.1. The van der Waals surface area contributed by atoms with Crippen LogP contribution in [0.4, 0.5) is 0 Å². The van der Waals surface area contributed by atoms with E-state index in [9.17, 15) is 10.1 Å². The van der Waals surface area contributed by atoms with Gasteiger partial charge in [-0.1, -0.05) is 71.2 Å². The SMILES string of the molecule is CC1(C)OC[C@H](CCCC(=O)[C@@H]2N[C@@H](c3cccc(Cl)c3)[C@](C#N)(c3ccc(Cl)cc3)[C@H]2c2cccc(Cl)c2)O1. The lowest BCUT2D eigenvalue weighted by Gasteiger charge is -2.35. The van der Waals surface area contributed by atoms with Gasteiger partial charge in [0.15, 0.2) is 5.79 Å². The molecule has 2 aliphatic rings. The number of hydrogen-bond donors (Lipinski definition) is 1. The van der Waals surface area contributed by atoms with E-state index >= 15 is 0 Å². The molecule has 0 unspecified atom stereocenters. The van der Waals surface area contributed by atoms with E-state index in [-0.39, 0.29) is 11.9 Å². The van der Waals surface area contributed by atoms with Gasteiger partial charge < -0.3 is 9.47 Å². The number of nitrogens with zero attached hydrogens (tertiary/aromatic N) is 1. The monoisotopic (exact) mass is 596 g/mol. The summed E-state index contributed by atoms with van der Waals surface area (Å²) < 4.78 is 11.6. The van der Waals surface area contributed by atoms with Crippen LogP contribution in [0.25, 0.3) is 0 Å². The molecule has 0 spiro atoms. The topological polar surface area (TPSA) is 71.3 Å². The van der Waals surface area contributed by atoms with Crippen molar-refractivity contribution < 1.29 is 14.3 Å². The molecule has 5 rings (SSSR count). The summed E-state index contributed by atoms with van der Waals surface area (Å²) >= 11 is 19.1. The highest BCUT2D eigenvalue weighted by Crippen LogP contribution is 2.55. The molecular formula is C32H31Cl3N2O3. The van der Waals surface area contributed by atoms with Crippen molar-refractivity contribution in [2.75, 3.05) is 6.61 Å². The number of benzene rings is 3. The first-order valence-corrected chi connectivity index (χ1v) is 14.5. The van der Waals surface area contributed by atoms with Crippen molar-refractivity contribution in [1.29, 1.82) is 5.26 Å². The third kappa shape index (κ3) is 5.81. The molecule has 208 valence electrons. The van der Waals surface area contributed by atoms with E-state index < -0.39 is 29.2 Å². The Labute approximate surface area is 250 Å². The van der Waals surface area contributed by atoms with E-state index in [1.54, 1.807) is 24.3 Å². The van der Waals surface area contributed by atoms with Gasteiger partial charge in [-0.2, -0.15) is 5.26 Å². The molecule has 2 heterocycles. The maximum Gasteiger partial charge on any atom is 0.163 e. The standard InChI is InChI=1S/C32H31Cl3N2O3/c1-31(2)39-18-26(40-31)10-5-11-27(38)29-28(20-6-3-8-24(34)16-20)32(19-36,22-12-14-23(33)15-13-22)30(37-29)21-7-4-9-25(35)17-21/h3-4,6-9,12-17,26,28-30,37H,5,10-11,18H2,1-2H3/t26-,28-,29-,30-,32+/m0/s1. The van der Waals surface area contributed by atoms with Crippen LogP contribution in [0.1, 0.15) is 61.8 Å². The highest BCUT2D eigenvalue weighted by Gasteiger charge is 2.59. The van der Waals surface area contributed by atoms with E-state index in [1.165, 1.54) is 0 Å². The molecule has 2 aliphatic heterocycles. The number of carbonyl (C=O) groups is 1. The summed E-state index contributed by atoms with van der Waals surface area (Å²) in [5.74, 6) is -1.10. The molecule has 1 N–H and O–H groups in total. The average molecular weight is 598 g/mol. The molecule has 0 aromatic heterocycles. The van der Waals surface area contributed by atoms with Gasteiger partial charge in [0, 0.05) is 27.4 Å². The summed E-state index contributed by atoms with van der Waals surface area (Å²) in [5.41, 5.74) is 1.24. The Hall–Kier alpha value is -2.43. The number of nitrogens with one attached hydrogen (secondary N) is 1. The maximum atomic E-state index is 14.0. The Bertz CT molecular complexity index is 1420. The second-order valence-corrected chi connectivity index (χ2v) is 12.3. The zero-order valence-corrected chi connectivity index (χ0v) is 24.6. The van der Waals surface area contributed by atoms with Crippen LogP contribution in [0.2, 0.25) is 15.1 Å². The van der Waals surface area contributed by atoms with Gasteiger partial charge in [-0.05, 0) is 79.8 Å². The Morgan fingerprint density at radius 3 is 2.23 bits per heavy atom. The summed E-state index contributed by atoms with van der Waals surface area (Å²) in [7, 11) is 0. The minimum atomic E-state index is -1.16. The molecule has 5 atom stereocenters. The van der Waals surface area contributed by atoms with Crippen LogP contribution in [0.5, 0.6) is 0 Å². The molecule has 5 nitrogen and oxygen atoms in total. The molecule has 0 bridgehead atoms. The van der Waals surface area contributed by atoms with E-state index in [4.69, 9.17) is 44.3 Å². The van der Waals surface area contributed by atoms with Crippen molar-refractivity contribution in [3.8, 4) is 6.07 Å². The number of hydrogen-bond acceptors (Lipinski definition) is 5. The molecular weight excluding hydrogens is 567 g/mol. The van der Waals surface area contributed by atoms with Crippen molar-refractivity contribution in [3.05, 3.63) is 105 Å². The fraction of sp³-hybridized carbons (Fsp3) is 0.375. The largest absolute Gasteiger partial charge is 0.348 e. The average Bonchev–Trinajstić information content (AvgIpc) is 3.46. The molecule has 2 saturated heterocycles. The maximum absolute atomic E-state index is 14.0. The van der Waals surface area contributed by atoms with E-state index in [0.29, 0.717) is 40.9 Å². The summed E-state index contributed by atoms with van der Waals surface area (Å²) in [4.78, 5) is 14.0. The predicted molar refractivity (Wildman–Crippen MR) is 158 cm³/mol. The van der Waals surface area contributed by atoms with E-state index in [0.717, 1.165) is 16.7 Å². The van der Waals surface area contributed by atoms with E-state index in [2.05, 4.69) is 11.4 Å². The van der Waals surface area contributed by atoms with Crippen molar-refractivity contribution in [1.82, 2.24) is 5.32 Å². The van der Waals surface area contributed by atoms with Gasteiger partial charge in [-0.15, -0.1) is 0 Å². The summed E-state index contributed by atoms with van der Waals surface area (Å²) in [5, 5.41) is 16.3. The molecule has 0 radical (unpaired) electrons. The first-order valence-electron chi connectivity index (χ1n) is 13.4. The number of ether oxygens (including phenoxy) is 2. The molecule has 0 saturated carbocycles. The van der Waals surface area contributed by atoms with Crippen LogP contribution in [0.3, 0.4) is 0 Å². The minimum absolute atomic E-state index is 0.0290. The molecule has 0 aliphatic carbocycles. The van der Waals surface area contributed by atoms with Gasteiger partial charge in [0.1, 0.15) is 11.2 Å². The van der Waals surface area contributed by atoms with Crippen LogP contribution in [-0.4, -0.2) is 30.3 Å². The van der Waals surface area contributed by atoms with Crippen LogP contribution in [0.15, 0.2) is 72.8 Å².